The summed E-state index contributed by atoms with van der Waals surface area (Å²) in [7, 11) is 0. The summed E-state index contributed by atoms with van der Waals surface area (Å²) < 4.78 is 5.64. The molecule has 0 radical (unpaired) electrons. The van der Waals surface area contributed by atoms with Gasteiger partial charge in [0.25, 0.3) is 5.91 Å². The molecule has 1 heterocycles. The van der Waals surface area contributed by atoms with Crippen LogP contribution < -0.4 is 11.3 Å². The molecule has 0 spiro atoms. The predicted molar refractivity (Wildman–Crippen MR) is 75.5 cm³/mol. The second kappa shape index (κ2) is 6.73. The zero-order valence-corrected chi connectivity index (χ0v) is 12.5. The van der Waals surface area contributed by atoms with Gasteiger partial charge in [0, 0.05) is 12.6 Å². The standard InChI is InChI=1S/C14H25N3O2/c1-9(2)7-17(10(3)4)8-12-6-13(11(5)19-12)14(18)16-15/h6,9-10H,7-8,15H2,1-5H3,(H,16,18). The van der Waals surface area contributed by atoms with E-state index in [1.165, 1.54) is 0 Å². The van der Waals surface area contributed by atoms with Crippen LogP contribution in [0.1, 0.15) is 49.6 Å². The molecule has 0 atom stereocenters. The van der Waals surface area contributed by atoms with Crippen LogP contribution in [0.3, 0.4) is 0 Å². The van der Waals surface area contributed by atoms with E-state index < -0.39 is 0 Å². The highest BCUT2D eigenvalue weighted by Gasteiger charge is 2.18. The zero-order chi connectivity index (χ0) is 14.6. The van der Waals surface area contributed by atoms with Gasteiger partial charge in [0.05, 0.1) is 12.1 Å². The minimum absolute atomic E-state index is 0.313. The SMILES string of the molecule is Cc1oc(CN(CC(C)C)C(C)C)cc1C(=O)NN. The number of hydrazine groups is 1. The van der Waals surface area contributed by atoms with Crippen molar-refractivity contribution < 1.29 is 9.21 Å². The minimum atomic E-state index is -0.313. The Morgan fingerprint density at radius 1 is 1.42 bits per heavy atom. The van der Waals surface area contributed by atoms with Crippen molar-refractivity contribution in [2.75, 3.05) is 6.54 Å². The number of nitrogens with one attached hydrogen (secondary N) is 1. The highest BCUT2D eigenvalue weighted by atomic mass is 16.3. The molecule has 0 aliphatic heterocycles. The Morgan fingerprint density at radius 2 is 2.05 bits per heavy atom. The van der Waals surface area contributed by atoms with Crippen LogP contribution in [0.25, 0.3) is 0 Å². The number of nitrogens with zero attached hydrogens (tertiary/aromatic N) is 1. The molecule has 0 fully saturated rings. The van der Waals surface area contributed by atoms with E-state index in [2.05, 4.69) is 38.0 Å². The van der Waals surface area contributed by atoms with Crippen LogP contribution in [0.4, 0.5) is 0 Å². The fourth-order valence-electron chi connectivity index (χ4n) is 2.05. The molecule has 0 saturated heterocycles. The molecule has 0 saturated carbocycles. The Hall–Kier alpha value is -1.33. The molecular weight excluding hydrogens is 242 g/mol. The Bertz CT molecular complexity index is 424. The van der Waals surface area contributed by atoms with E-state index in [0.29, 0.717) is 29.8 Å². The summed E-state index contributed by atoms with van der Waals surface area (Å²) in [5.41, 5.74) is 2.64. The maximum atomic E-state index is 11.5. The molecule has 1 aromatic heterocycles. The average Bonchev–Trinajstić information content (AvgIpc) is 2.67. The van der Waals surface area contributed by atoms with E-state index in [4.69, 9.17) is 10.3 Å². The van der Waals surface area contributed by atoms with Gasteiger partial charge in [-0.25, -0.2) is 5.84 Å². The zero-order valence-electron chi connectivity index (χ0n) is 12.5. The van der Waals surface area contributed by atoms with Crippen molar-refractivity contribution in [3.05, 3.63) is 23.2 Å². The lowest BCUT2D eigenvalue weighted by atomic mass is 10.1. The van der Waals surface area contributed by atoms with Crippen molar-refractivity contribution in [2.24, 2.45) is 11.8 Å². The predicted octanol–water partition coefficient (Wildman–Crippen LogP) is 2.06. The average molecular weight is 267 g/mol. The molecule has 1 amide bonds. The molecular formula is C14H25N3O2. The van der Waals surface area contributed by atoms with E-state index in [-0.39, 0.29) is 5.91 Å². The number of hydrogen-bond acceptors (Lipinski definition) is 4. The molecule has 3 N–H and O–H groups in total. The first kappa shape index (κ1) is 15.7. The minimum Gasteiger partial charge on any atom is -0.464 e. The third-order valence-corrected chi connectivity index (χ3v) is 3.03. The van der Waals surface area contributed by atoms with Gasteiger partial charge in [-0.2, -0.15) is 0 Å². The first-order chi connectivity index (χ1) is 8.85. The van der Waals surface area contributed by atoms with Crippen LogP contribution in [-0.4, -0.2) is 23.4 Å². The van der Waals surface area contributed by atoms with Crippen molar-refractivity contribution in [3.8, 4) is 0 Å². The van der Waals surface area contributed by atoms with Gasteiger partial charge in [-0.15, -0.1) is 0 Å². The highest BCUT2D eigenvalue weighted by molar-refractivity contribution is 5.94. The van der Waals surface area contributed by atoms with Crippen LogP contribution in [0.15, 0.2) is 10.5 Å². The fourth-order valence-corrected chi connectivity index (χ4v) is 2.05. The molecule has 5 nitrogen and oxygen atoms in total. The molecule has 0 bridgehead atoms. The van der Waals surface area contributed by atoms with Crippen molar-refractivity contribution in [1.29, 1.82) is 0 Å². The normalized spacial score (nSPS) is 11.6. The highest BCUT2D eigenvalue weighted by Crippen LogP contribution is 2.18. The molecule has 1 rings (SSSR count). The number of carbonyl (C=O) groups is 1. The summed E-state index contributed by atoms with van der Waals surface area (Å²) in [5, 5.41) is 0. The van der Waals surface area contributed by atoms with E-state index in [1.54, 1.807) is 13.0 Å². The van der Waals surface area contributed by atoms with Gasteiger partial charge in [-0.3, -0.25) is 15.1 Å². The summed E-state index contributed by atoms with van der Waals surface area (Å²) in [5.74, 6) is 6.82. The molecule has 0 aliphatic carbocycles. The van der Waals surface area contributed by atoms with Gasteiger partial charge in [-0.05, 0) is 32.8 Å². The first-order valence-corrected chi connectivity index (χ1v) is 6.69. The van der Waals surface area contributed by atoms with Crippen LogP contribution in [-0.2, 0) is 6.54 Å². The van der Waals surface area contributed by atoms with Gasteiger partial charge in [-0.1, -0.05) is 13.8 Å². The lowest BCUT2D eigenvalue weighted by Gasteiger charge is -2.27. The number of amides is 1. The third kappa shape index (κ3) is 4.36. The third-order valence-electron chi connectivity index (χ3n) is 3.03. The number of nitrogen functional groups attached to an aromatic ring is 1. The molecule has 0 aliphatic rings. The summed E-state index contributed by atoms with van der Waals surface area (Å²) >= 11 is 0. The quantitative estimate of drug-likeness (QED) is 0.470. The summed E-state index contributed by atoms with van der Waals surface area (Å²) in [6.07, 6.45) is 0. The van der Waals surface area contributed by atoms with E-state index in [9.17, 15) is 4.79 Å². The van der Waals surface area contributed by atoms with Crippen molar-refractivity contribution >= 4 is 5.91 Å². The summed E-state index contributed by atoms with van der Waals surface area (Å²) in [6, 6.07) is 2.20. The smallest absolute Gasteiger partial charge is 0.268 e. The van der Waals surface area contributed by atoms with Gasteiger partial charge in [0.15, 0.2) is 0 Å². The number of aryl methyl sites for hydroxylation is 1. The number of rotatable bonds is 6. The summed E-state index contributed by atoms with van der Waals surface area (Å²) in [4.78, 5) is 13.9. The van der Waals surface area contributed by atoms with E-state index in [0.717, 1.165) is 12.3 Å². The van der Waals surface area contributed by atoms with Gasteiger partial charge >= 0.3 is 0 Å². The molecule has 0 unspecified atom stereocenters. The number of hydrogen-bond donors (Lipinski definition) is 2. The monoisotopic (exact) mass is 267 g/mol. The van der Waals surface area contributed by atoms with Gasteiger partial charge < -0.3 is 4.42 Å². The number of carbonyl (C=O) groups excluding carboxylic acids is 1. The van der Waals surface area contributed by atoms with Crippen LogP contribution >= 0.6 is 0 Å². The molecule has 19 heavy (non-hydrogen) atoms. The van der Waals surface area contributed by atoms with Crippen LogP contribution in [0, 0.1) is 12.8 Å². The van der Waals surface area contributed by atoms with Crippen molar-refractivity contribution in [1.82, 2.24) is 10.3 Å². The Balaban J connectivity index is 2.83. The summed E-state index contributed by atoms with van der Waals surface area (Å²) in [6.45, 7) is 12.2. The lowest BCUT2D eigenvalue weighted by molar-refractivity contribution is 0.0952. The molecule has 5 heteroatoms. The lowest BCUT2D eigenvalue weighted by Crippen LogP contribution is -2.33. The molecule has 0 aromatic carbocycles. The van der Waals surface area contributed by atoms with E-state index in [1.807, 2.05) is 0 Å². The Morgan fingerprint density at radius 3 is 2.53 bits per heavy atom. The largest absolute Gasteiger partial charge is 0.464 e. The Kier molecular flexibility index (Phi) is 5.57. The van der Waals surface area contributed by atoms with Crippen molar-refractivity contribution in [3.63, 3.8) is 0 Å². The first-order valence-electron chi connectivity index (χ1n) is 6.69. The fraction of sp³-hybridized carbons (Fsp3) is 0.643. The van der Waals surface area contributed by atoms with Crippen LogP contribution in [0.2, 0.25) is 0 Å². The second-order valence-corrected chi connectivity index (χ2v) is 5.57. The second-order valence-electron chi connectivity index (χ2n) is 5.57. The maximum Gasteiger partial charge on any atom is 0.268 e. The van der Waals surface area contributed by atoms with Gasteiger partial charge in [0.2, 0.25) is 0 Å². The van der Waals surface area contributed by atoms with Crippen molar-refractivity contribution in [2.45, 2.75) is 47.2 Å². The molecule has 1 aromatic rings. The van der Waals surface area contributed by atoms with Crippen LogP contribution in [0.5, 0.6) is 0 Å². The Labute approximate surface area is 115 Å². The van der Waals surface area contributed by atoms with E-state index >= 15 is 0 Å². The number of furan rings is 1. The maximum absolute atomic E-state index is 11.5. The topological polar surface area (TPSA) is 71.5 Å². The number of nitrogens with two attached hydrogens (primary N) is 1. The van der Waals surface area contributed by atoms with Gasteiger partial charge in [0.1, 0.15) is 11.5 Å². The molecule has 108 valence electrons.